The minimum atomic E-state index is -1.04. The number of nitrogens with one attached hydrogen (secondary N) is 1. The fourth-order valence-electron chi connectivity index (χ4n) is 1.72. The Kier molecular flexibility index (Phi) is 5.84. The van der Waals surface area contributed by atoms with Gasteiger partial charge in [0.1, 0.15) is 18.8 Å². The number of esters is 1. The number of aliphatic hydroxyl groups is 2. The lowest BCUT2D eigenvalue weighted by molar-refractivity contribution is -0.192. The van der Waals surface area contributed by atoms with E-state index in [1.807, 2.05) is 13.8 Å². The van der Waals surface area contributed by atoms with E-state index in [1.54, 1.807) is 0 Å². The topological polar surface area (TPSA) is 88.0 Å². The SMILES string of the molecule is CCC(CC)C(=O)OCC1ONCC(O)C1O. The number of rotatable bonds is 5. The summed E-state index contributed by atoms with van der Waals surface area (Å²) in [5, 5.41) is 19.0. The Morgan fingerprint density at radius 1 is 1.47 bits per heavy atom. The highest BCUT2D eigenvalue weighted by Gasteiger charge is 2.33. The van der Waals surface area contributed by atoms with Crippen LogP contribution in [0.4, 0.5) is 0 Å². The number of hydrogen-bond acceptors (Lipinski definition) is 6. The predicted molar refractivity (Wildman–Crippen MR) is 59.9 cm³/mol. The van der Waals surface area contributed by atoms with Crippen molar-refractivity contribution >= 4 is 5.97 Å². The Hall–Kier alpha value is -0.690. The maximum absolute atomic E-state index is 11.6. The zero-order chi connectivity index (χ0) is 12.8. The molecule has 1 rings (SSSR count). The molecule has 3 N–H and O–H groups in total. The molecule has 0 radical (unpaired) electrons. The predicted octanol–water partition coefficient (Wildman–Crippen LogP) is -0.409. The second kappa shape index (κ2) is 6.90. The van der Waals surface area contributed by atoms with Crippen molar-refractivity contribution in [2.75, 3.05) is 13.2 Å². The van der Waals surface area contributed by atoms with Crippen molar-refractivity contribution in [3.05, 3.63) is 0 Å². The van der Waals surface area contributed by atoms with Gasteiger partial charge in [-0.15, -0.1) is 0 Å². The summed E-state index contributed by atoms with van der Waals surface area (Å²) >= 11 is 0. The lowest BCUT2D eigenvalue weighted by Gasteiger charge is -2.31. The maximum atomic E-state index is 11.6. The van der Waals surface area contributed by atoms with Crippen molar-refractivity contribution in [3.63, 3.8) is 0 Å². The van der Waals surface area contributed by atoms with Gasteiger partial charge in [0, 0.05) is 6.54 Å². The lowest BCUT2D eigenvalue weighted by Crippen LogP contribution is -2.54. The highest BCUT2D eigenvalue weighted by Crippen LogP contribution is 2.13. The molecule has 0 aromatic heterocycles. The fourth-order valence-corrected chi connectivity index (χ4v) is 1.72. The second-order valence-corrected chi connectivity index (χ2v) is 4.21. The number of carbonyl (C=O) groups is 1. The smallest absolute Gasteiger partial charge is 0.309 e. The summed E-state index contributed by atoms with van der Waals surface area (Å²) in [6.45, 7) is 3.96. The fraction of sp³-hybridized carbons (Fsp3) is 0.909. The minimum absolute atomic E-state index is 0.0550. The molecule has 0 aromatic carbocycles. The monoisotopic (exact) mass is 247 g/mol. The molecule has 6 nitrogen and oxygen atoms in total. The first-order chi connectivity index (χ1) is 8.10. The van der Waals surface area contributed by atoms with Crippen LogP contribution in [0.25, 0.3) is 0 Å². The van der Waals surface area contributed by atoms with Gasteiger partial charge in [-0.1, -0.05) is 13.8 Å². The Labute approximate surface area is 101 Å². The summed E-state index contributed by atoms with van der Waals surface area (Å²) in [5.41, 5.74) is 2.49. The molecule has 1 aliphatic heterocycles. The molecule has 0 aliphatic carbocycles. The average molecular weight is 247 g/mol. The first-order valence-electron chi connectivity index (χ1n) is 6.01. The van der Waals surface area contributed by atoms with E-state index in [4.69, 9.17) is 9.57 Å². The Bertz CT molecular complexity index is 244. The van der Waals surface area contributed by atoms with Gasteiger partial charge >= 0.3 is 5.97 Å². The van der Waals surface area contributed by atoms with Crippen molar-refractivity contribution in [1.29, 1.82) is 0 Å². The van der Waals surface area contributed by atoms with Crippen LogP contribution >= 0.6 is 0 Å². The molecule has 1 fully saturated rings. The summed E-state index contributed by atoms with van der Waals surface area (Å²) in [6, 6.07) is 0. The van der Waals surface area contributed by atoms with Crippen molar-refractivity contribution in [2.24, 2.45) is 5.92 Å². The molecule has 1 saturated heterocycles. The van der Waals surface area contributed by atoms with Gasteiger partial charge in [0.05, 0.1) is 12.0 Å². The summed E-state index contributed by atoms with van der Waals surface area (Å²) in [4.78, 5) is 16.6. The van der Waals surface area contributed by atoms with Crippen molar-refractivity contribution in [3.8, 4) is 0 Å². The minimum Gasteiger partial charge on any atom is -0.463 e. The Morgan fingerprint density at radius 3 is 2.71 bits per heavy atom. The van der Waals surface area contributed by atoms with Gasteiger partial charge in [0.25, 0.3) is 0 Å². The van der Waals surface area contributed by atoms with E-state index in [9.17, 15) is 15.0 Å². The van der Waals surface area contributed by atoms with Crippen LogP contribution in [0, 0.1) is 5.92 Å². The van der Waals surface area contributed by atoms with Crippen LogP contribution in [-0.2, 0) is 14.4 Å². The molecular formula is C11H21NO5. The molecule has 1 heterocycles. The largest absolute Gasteiger partial charge is 0.463 e. The van der Waals surface area contributed by atoms with Gasteiger partial charge in [0.15, 0.2) is 0 Å². The molecule has 1 aliphatic rings. The van der Waals surface area contributed by atoms with Crippen molar-refractivity contribution < 1.29 is 24.6 Å². The van der Waals surface area contributed by atoms with E-state index in [-0.39, 0.29) is 25.0 Å². The summed E-state index contributed by atoms with van der Waals surface area (Å²) in [5.74, 6) is -0.403. The summed E-state index contributed by atoms with van der Waals surface area (Å²) < 4.78 is 5.07. The van der Waals surface area contributed by atoms with Gasteiger partial charge in [-0.2, -0.15) is 5.48 Å². The van der Waals surface area contributed by atoms with Crippen LogP contribution in [0.5, 0.6) is 0 Å². The Balaban J connectivity index is 2.36. The zero-order valence-corrected chi connectivity index (χ0v) is 10.3. The van der Waals surface area contributed by atoms with E-state index in [0.29, 0.717) is 0 Å². The van der Waals surface area contributed by atoms with E-state index >= 15 is 0 Å². The first-order valence-corrected chi connectivity index (χ1v) is 6.01. The number of ether oxygens (including phenoxy) is 1. The highest BCUT2D eigenvalue weighted by molar-refractivity contribution is 5.72. The number of aliphatic hydroxyl groups excluding tert-OH is 2. The Morgan fingerprint density at radius 2 is 2.12 bits per heavy atom. The normalized spacial score (nSPS) is 29.4. The molecule has 100 valence electrons. The molecule has 0 aromatic rings. The van der Waals surface area contributed by atoms with E-state index < -0.39 is 18.3 Å². The van der Waals surface area contributed by atoms with Crippen LogP contribution in [0.3, 0.4) is 0 Å². The van der Waals surface area contributed by atoms with Crippen molar-refractivity contribution in [1.82, 2.24) is 5.48 Å². The number of β-amino-alcohol motifs (C(OH)–C–C–N with tert-alkyl or cyclic N) is 1. The maximum Gasteiger partial charge on any atom is 0.309 e. The highest BCUT2D eigenvalue weighted by atomic mass is 16.7. The molecule has 0 amide bonds. The third kappa shape index (κ3) is 3.92. The quantitative estimate of drug-likeness (QED) is 0.572. The van der Waals surface area contributed by atoms with E-state index in [1.165, 1.54) is 0 Å². The van der Waals surface area contributed by atoms with Crippen LogP contribution in [0.2, 0.25) is 0 Å². The van der Waals surface area contributed by atoms with Crippen LogP contribution in [0.1, 0.15) is 26.7 Å². The van der Waals surface area contributed by atoms with Crippen LogP contribution in [0.15, 0.2) is 0 Å². The third-order valence-electron chi connectivity index (χ3n) is 3.01. The molecule has 0 spiro atoms. The van der Waals surface area contributed by atoms with Crippen LogP contribution in [-0.4, -0.2) is 47.6 Å². The van der Waals surface area contributed by atoms with Gasteiger partial charge in [-0.3, -0.25) is 9.63 Å². The second-order valence-electron chi connectivity index (χ2n) is 4.21. The van der Waals surface area contributed by atoms with E-state index in [2.05, 4.69) is 5.48 Å². The average Bonchev–Trinajstić information content (AvgIpc) is 2.32. The standard InChI is InChI=1S/C11H21NO5/c1-3-7(4-2)11(15)16-6-9-10(14)8(13)5-12-17-9/h7-10,12-14H,3-6H2,1-2H3. The molecule has 3 unspecified atom stereocenters. The summed E-state index contributed by atoms with van der Waals surface area (Å²) in [6.07, 6.45) is -1.21. The number of hydroxylamine groups is 1. The number of hydrogen-bond donors (Lipinski definition) is 3. The number of carbonyl (C=O) groups excluding carboxylic acids is 1. The molecule has 6 heteroatoms. The molecule has 0 saturated carbocycles. The molecular weight excluding hydrogens is 226 g/mol. The molecule has 17 heavy (non-hydrogen) atoms. The van der Waals surface area contributed by atoms with Gasteiger partial charge in [-0.25, -0.2) is 0 Å². The first kappa shape index (κ1) is 14.4. The third-order valence-corrected chi connectivity index (χ3v) is 3.01. The van der Waals surface area contributed by atoms with Gasteiger partial charge in [-0.05, 0) is 12.8 Å². The zero-order valence-electron chi connectivity index (χ0n) is 10.3. The summed E-state index contributed by atoms with van der Waals surface area (Å²) in [7, 11) is 0. The van der Waals surface area contributed by atoms with Crippen LogP contribution < -0.4 is 5.48 Å². The molecule has 0 bridgehead atoms. The van der Waals surface area contributed by atoms with Crippen molar-refractivity contribution in [2.45, 2.75) is 45.0 Å². The lowest BCUT2D eigenvalue weighted by atomic mass is 10.0. The van der Waals surface area contributed by atoms with Gasteiger partial charge < -0.3 is 14.9 Å². The van der Waals surface area contributed by atoms with Gasteiger partial charge in [0.2, 0.25) is 0 Å². The van der Waals surface area contributed by atoms with E-state index in [0.717, 1.165) is 12.8 Å². The molecule has 3 atom stereocenters.